The van der Waals surface area contributed by atoms with Crippen molar-refractivity contribution in [3.8, 4) is 11.3 Å². The van der Waals surface area contributed by atoms with E-state index in [1.54, 1.807) is 12.1 Å². The molecule has 30 heavy (non-hydrogen) atoms. The van der Waals surface area contributed by atoms with Crippen molar-refractivity contribution >= 4 is 27.6 Å². The predicted octanol–water partition coefficient (Wildman–Crippen LogP) is 3.84. The third-order valence-electron chi connectivity index (χ3n) is 5.01. The Labute approximate surface area is 175 Å². The summed E-state index contributed by atoms with van der Waals surface area (Å²) in [5.41, 5.74) is 4.80. The Morgan fingerprint density at radius 3 is 2.43 bits per heavy atom. The molecule has 7 nitrogen and oxygen atoms in total. The largest absolute Gasteiger partial charge is 0.326 e. The summed E-state index contributed by atoms with van der Waals surface area (Å²) in [7, 11) is -3.92. The molecule has 0 atom stereocenters. The van der Waals surface area contributed by atoms with Crippen molar-refractivity contribution in [1.29, 1.82) is 0 Å². The van der Waals surface area contributed by atoms with E-state index in [1.165, 1.54) is 12.1 Å². The van der Waals surface area contributed by atoms with Crippen LogP contribution in [-0.2, 0) is 21.2 Å². The van der Waals surface area contributed by atoms with Gasteiger partial charge in [-0.25, -0.2) is 23.1 Å². The van der Waals surface area contributed by atoms with Gasteiger partial charge in [-0.1, -0.05) is 24.3 Å². The highest BCUT2D eigenvalue weighted by atomic mass is 32.2. The number of sulfonamides is 1. The zero-order valence-electron chi connectivity index (χ0n) is 16.8. The van der Waals surface area contributed by atoms with Gasteiger partial charge in [0.05, 0.1) is 10.6 Å². The number of anilines is 2. The second kappa shape index (κ2) is 7.87. The average molecular weight is 423 g/mol. The van der Waals surface area contributed by atoms with Gasteiger partial charge < -0.3 is 5.32 Å². The molecule has 0 unspecified atom stereocenters. The predicted molar refractivity (Wildman–Crippen MR) is 116 cm³/mol. The van der Waals surface area contributed by atoms with Crippen LogP contribution in [0.1, 0.15) is 29.7 Å². The number of nitrogens with zero attached hydrogens (tertiary/aromatic N) is 2. The third kappa shape index (κ3) is 4.18. The fourth-order valence-electron chi connectivity index (χ4n) is 3.59. The highest BCUT2D eigenvalue weighted by Crippen LogP contribution is 2.28. The van der Waals surface area contributed by atoms with Gasteiger partial charge in [0.2, 0.25) is 11.9 Å². The van der Waals surface area contributed by atoms with Crippen LogP contribution in [0.3, 0.4) is 0 Å². The highest BCUT2D eigenvalue weighted by Gasteiger charge is 2.19. The Morgan fingerprint density at radius 1 is 0.933 bits per heavy atom. The SMILES string of the molecule is Cc1cccc(C)c1-c1cc2nc(n1)NS(=O)(=O)c1cccc(c1)NC(=O)CCC2. The van der Waals surface area contributed by atoms with Crippen molar-refractivity contribution < 1.29 is 13.2 Å². The van der Waals surface area contributed by atoms with Crippen LogP contribution in [0.15, 0.2) is 53.4 Å². The molecule has 3 aromatic rings. The van der Waals surface area contributed by atoms with E-state index in [-0.39, 0.29) is 16.8 Å². The van der Waals surface area contributed by atoms with Gasteiger partial charge in [-0.05, 0) is 62.1 Å². The summed E-state index contributed by atoms with van der Waals surface area (Å²) in [5.74, 6) is -0.143. The second-order valence-corrected chi connectivity index (χ2v) is 9.05. The van der Waals surface area contributed by atoms with Crippen molar-refractivity contribution in [3.63, 3.8) is 0 Å². The van der Waals surface area contributed by atoms with Crippen molar-refractivity contribution in [2.45, 2.75) is 38.0 Å². The zero-order valence-corrected chi connectivity index (χ0v) is 17.6. The summed E-state index contributed by atoms with van der Waals surface area (Å²) in [6, 6.07) is 14.0. The van der Waals surface area contributed by atoms with Gasteiger partial charge in [0.1, 0.15) is 0 Å². The Balaban J connectivity index is 1.85. The molecule has 0 fully saturated rings. The quantitative estimate of drug-likeness (QED) is 0.621. The first-order valence-electron chi connectivity index (χ1n) is 9.69. The maximum atomic E-state index is 12.9. The van der Waals surface area contributed by atoms with Crippen LogP contribution >= 0.6 is 0 Å². The molecule has 0 saturated carbocycles. The number of rotatable bonds is 1. The van der Waals surface area contributed by atoms with Crippen LogP contribution < -0.4 is 10.0 Å². The lowest BCUT2D eigenvalue weighted by Crippen LogP contribution is -2.16. The van der Waals surface area contributed by atoms with Gasteiger partial charge >= 0.3 is 0 Å². The minimum atomic E-state index is -3.92. The number of aryl methyl sites for hydroxylation is 3. The molecule has 1 aliphatic rings. The van der Waals surface area contributed by atoms with Crippen molar-refractivity contribution in [2.75, 3.05) is 10.0 Å². The summed E-state index contributed by atoms with van der Waals surface area (Å²) < 4.78 is 28.4. The van der Waals surface area contributed by atoms with Crippen LogP contribution in [-0.4, -0.2) is 24.3 Å². The van der Waals surface area contributed by atoms with Crippen LogP contribution in [0.5, 0.6) is 0 Å². The number of fused-ring (bicyclic) bond motifs is 4. The van der Waals surface area contributed by atoms with Gasteiger partial charge in [0, 0.05) is 23.4 Å². The molecule has 8 heteroatoms. The monoisotopic (exact) mass is 422 g/mol. The van der Waals surface area contributed by atoms with E-state index in [4.69, 9.17) is 0 Å². The molecule has 4 bridgehead atoms. The summed E-state index contributed by atoms with van der Waals surface area (Å²) in [6.07, 6.45) is 1.42. The highest BCUT2D eigenvalue weighted by molar-refractivity contribution is 7.92. The first-order chi connectivity index (χ1) is 14.3. The average Bonchev–Trinajstić information content (AvgIpc) is 2.67. The number of benzene rings is 2. The van der Waals surface area contributed by atoms with Gasteiger partial charge in [-0.3, -0.25) is 4.79 Å². The maximum absolute atomic E-state index is 12.9. The number of amides is 1. The molecular weight excluding hydrogens is 400 g/mol. The van der Waals surface area contributed by atoms with E-state index in [2.05, 4.69) is 20.0 Å². The number of hydrogen-bond donors (Lipinski definition) is 2. The van der Waals surface area contributed by atoms with Crippen LogP contribution in [0.2, 0.25) is 0 Å². The van der Waals surface area contributed by atoms with Crippen LogP contribution in [0.4, 0.5) is 11.6 Å². The molecule has 2 N–H and O–H groups in total. The standard InChI is InChI=1S/C22H22N4O3S/c1-14-6-3-7-15(2)21(14)19-13-17-9-5-11-20(27)23-16-8-4-10-18(12-16)30(28,29)26-22(24-17)25-19/h3-4,6-8,10,12-13H,5,9,11H2,1-2H3,(H,23,27)(H,24,25,26). The second-order valence-electron chi connectivity index (χ2n) is 7.37. The van der Waals surface area contributed by atoms with E-state index in [9.17, 15) is 13.2 Å². The van der Waals surface area contributed by atoms with E-state index in [0.717, 1.165) is 16.7 Å². The van der Waals surface area contributed by atoms with Gasteiger partial charge in [-0.15, -0.1) is 0 Å². The van der Waals surface area contributed by atoms with E-state index in [1.807, 2.05) is 38.1 Å². The fourth-order valence-corrected chi connectivity index (χ4v) is 4.58. The first kappa shape index (κ1) is 20.0. The molecule has 1 amide bonds. The van der Waals surface area contributed by atoms with Crippen molar-refractivity contribution in [3.05, 3.63) is 65.4 Å². The summed E-state index contributed by atoms with van der Waals surface area (Å²) in [5, 5.41) is 2.75. The maximum Gasteiger partial charge on any atom is 0.264 e. The molecule has 1 aliphatic heterocycles. The Kier molecular flexibility index (Phi) is 5.26. The van der Waals surface area contributed by atoms with Crippen LogP contribution in [0.25, 0.3) is 11.3 Å². The van der Waals surface area contributed by atoms with Crippen LogP contribution in [0, 0.1) is 13.8 Å². The normalized spacial score (nSPS) is 15.7. The lowest BCUT2D eigenvalue weighted by Gasteiger charge is -2.13. The molecular formula is C22H22N4O3S. The molecule has 4 rings (SSSR count). The van der Waals surface area contributed by atoms with E-state index in [0.29, 0.717) is 36.3 Å². The number of nitrogens with one attached hydrogen (secondary N) is 2. The molecule has 1 aromatic heterocycles. The van der Waals surface area contributed by atoms with Gasteiger partial charge in [0.15, 0.2) is 0 Å². The van der Waals surface area contributed by atoms with Crippen molar-refractivity contribution in [1.82, 2.24) is 9.97 Å². The Bertz CT molecular complexity index is 1220. The molecule has 154 valence electrons. The molecule has 0 saturated heterocycles. The lowest BCUT2D eigenvalue weighted by molar-refractivity contribution is -0.116. The Hall–Kier alpha value is -3.26. The number of aromatic nitrogens is 2. The minimum absolute atomic E-state index is 0.0223. The lowest BCUT2D eigenvalue weighted by atomic mass is 9.99. The molecule has 2 aromatic carbocycles. The topological polar surface area (TPSA) is 101 Å². The first-order valence-corrected chi connectivity index (χ1v) is 11.2. The molecule has 2 heterocycles. The number of carbonyl (C=O) groups is 1. The third-order valence-corrected chi connectivity index (χ3v) is 6.33. The van der Waals surface area contributed by atoms with E-state index < -0.39 is 10.0 Å². The summed E-state index contributed by atoms with van der Waals surface area (Å²) in [6.45, 7) is 3.98. The number of carbonyl (C=O) groups excluding carboxylic acids is 1. The summed E-state index contributed by atoms with van der Waals surface area (Å²) in [4.78, 5) is 21.2. The zero-order chi connectivity index (χ0) is 21.3. The van der Waals surface area contributed by atoms with Crippen molar-refractivity contribution in [2.24, 2.45) is 0 Å². The van der Waals surface area contributed by atoms with E-state index >= 15 is 0 Å². The fraction of sp³-hybridized carbons (Fsp3) is 0.227. The minimum Gasteiger partial charge on any atom is -0.326 e. The Morgan fingerprint density at radius 2 is 1.67 bits per heavy atom. The molecule has 0 spiro atoms. The van der Waals surface area contributed by atoms with Gasteiger partial charge in [-0.2, -0.15) is 0 Å². The summed E-state index contributed by atoms with van der Waals surface area (Å²) >= 11 is 0. The molecule has 0 radical (unpaired) electrons. The van der Waals surface area contributed by atoms with Gasteiger partial charge in [0.25, 0.3) is 10.0 Å². The number of hydrogen-bond acceptors (Lipinski definition) is 5. The smallest absolute Gasteiger partial charge is 0.264 e. The molecule has 0 aliphatic carbocycles.